The van der Waals surface area contributed by atoms with Gasteiger partial charge in [0.25, 0.3) is 5.91 Å². The number of benzene rings is 1. The fourth-order valence-electron chi connectivity index (χ4n) is 4.00. The molecular weight excluding hydrogens is 406 g/mol. The molecule has 3 aromatic rings. The Balaban J connectivity index is 1.41. The minimum Gasteiger partial charge on any atom is -0.457 e. The van der Waals surface area contributed by atoms with E-state index in [0.717, 1.165) is 41.4 Å². The van der Waals surface area contributed by atoms with Crippen LogP contribution < -0.4 is 10.6 Å². The number of carbonyl (C=O) groups is 1. The van der Waals surface area contributed by atoms with Crippen LogP contribution in [0, 0.1) is 0 Å². The van der Waals surface area contributed by atoms with Crippen molar-refractivity contribution in [2.45, 2.75) is 39.0 Å². The van der Waals surface area contributed by atoms with Gasteiger partial charge in [0.2, 0.25) is 0 Å². The number of hydrogen-bond acceptors (Lipinski definition) is 5. The molecule has 1 amide bonds. The van der Waals surface area contributed by atoms with Gasteiger partial charge in [-0.1, -0.05) is 11.6 Å². The van der Waals surface area contributed by atoms with Gasteiger partial charge >= 0.3 is 0 Å². The van der Waals surface area contributed by atoms with Crippen LogP contribution in [0.4, 0.5) is 5.00 Å². The number of carbonyl (C=O) groups excluding carboxylic acids is 1. The van der Waals surface area contributed by atoms with Gasteiger partial charge in [-0.15, -0.1) is 11.3 Å². The van der Waals surface area contributed by atoms with Gasteiger partial charge in [-0.05, 0) is 62.2 Å². The lowest BCUT2D eigenvalue weighted by Crippen LogP contribution is -2.39. The first-order valence-electron chi connectivity index (χ1n) is 9.81. The van der Waals surface area contributed by atoms with E-state index in [-0.39, 0.29) is 12.1 Å². The molecule has 2 aromatic heterocycles. The third-order valence-corrected chi connectivity index (χ3v) is 7.03. The van der Waals surface area contributed by atoms with E-state index in [2.05, 4.69) is 29.4 Å². The highest BCUT2D eigenvalue weighted by atomic mass is 35.5. The number of amides is 1. The molecule has 4 heterocycles. The van der Waals surface area contributed by atoms with E-state index >= 15 is 0 Å². The van der Waals surface area contributed by atoms with E-state index < -0.39 is 0 Å². The van der Waals surface area contributed by atoms with Crippen molar-refractivity contribution in [1.82, 2.24) is 10.2 Å². The standard InChI is InChI=1S/C22H22ClN3O2S/c1-12(2)26-10-9-15-18(11-26)29-22-19(15)21(27)24-20(25-22)17-8-7-16(28-17)13-3-5-14(23)6-4-13/h3-8,12,20,25H,9-11H2,1-2H3,(H,24,27)/t20-/m1/s1. The summed E-state index contributed by atoms with van der Waals surface area (Å²) in [6.45, 7) is 6.34. The van der Waals surface area contributed by atoms with Crippen molar-refractivity contribution in [2.24, 2.45) is 0 Å². The van der Waals surface area contributed by atoms with E-state index in [1.165, 1.54) is 10.4 Å². The Kier molecular flexibility index (Phi) is 4.65. The molecule has 150 valence electrons. The SMILES string of the molecule is CC(C)N1CCc2c(sc3c2C(=O)N[C@@H](c2ccc(-c4ccc(Cl)cc4)o2)N3)C1. The normalized spacial score (nSPS) is 18.9. The molecule has 0 unspecified atom stereocenters. The molecule has 2 N–H and O–H groups in total. The molecule has 0 radical (unpaired) electrons. The first-order chi connectivity index (χ1) is 14.0. The van der Waals surface area contributed by atoms with Crippen LogP contribution in [-0.4, -0.2) is 23.4 Å². The van der Waals surface area contributed by atoms with Gasteiger partial charge in [-0.2, -0.15) is 0 Å². The summed E-state index contributed by atoms with van der Waals surface area (Å²) in [6, 6.07) is 11.8. The van der Waals surface area contributed by atoms with Crippen molar-refractivity contribution in [3.8, 4) is 11.3 Å². The number of fused-ring (bicyclic) bond motifs is 3. The second-order valence-electron chi connectivity index (χ2n) is 7.78. The molecule has 1 atom stereocenters. The average Bonchev–Trinajstić information content (AvgIpc) is 3.32. The minimum atomic E-state index is -0.377. The fourth-order valence-corrected chi connectivity index (χ4v) is 5.42. The van der Waals surface area contributed by atoms with E-state index in [1.807, 2.05) is 36.4 Å². The van der Waals surface area contributed by atoms with E-state index in [4.69, 9.17) is 16.0 Å². The van der Waals surface area contributed by atoms with Crippen molar-refractivity contribution in [3.63, 3.8) is 0 Å². The van der Waals surface area contributed by atoms with Crippen LogP contribution in [0.1, 0.15) is 46.6 Å². The third-order valence-electron chi connectivity index (χ3n) is 5.63. The lowest BCUT2D eigenvalue weighted by molar-refractivity contribution is 0.0930. The summed E-state index contributed by atoms with van der Waals surface area (Å²) >= 11 is 7.67. The van der Waals surface area contributed by atoms with Crippen LogP contribution in [-0.2, 0) is 13.0 Å². The van der Waals surface area contributed by atoms with Gasteiger partial charge in [0.1, 0.15) is 16.5 Å². The summed E-state index contributed by atoms with van der Waals surface area (Å²) < 4.78 is 6.04. The molecule has 0 aliphatic carbocycles. The zero-order valence-corrected chi connectivity index (χ0v) is 17.9. The first-order valence-corrected chi connectivity index (χ1v) is 11.0. The molecule has 0 bridgehead atoms. The van der Waals surface area contributed by atoms with Gasteiger partial charge in [0, 0.05) is 34.6 Å². The Hall–Kier alpha value is -2.28. The quantitative estimate of drug-likeness (QED) is 0.596. The maximum atomic E-state index is 12.9. The van der Waals surface area contributed by atoms with Crippen LogP contribution >= 0.6 is 22.9 Å². The summed E-state index contributed by atoms with van der Waals surface area (Å²) in [5.74, 6) is 1.41. The van der Waals surface area contributed by atoms with Crippen molar-refractivity contribution in [3.05, 3.63) is 63.2 Å². The van der Waals surface area contributed by atoms with Crippen LogP contribution in [0.2, 0.25) is 5.02 Å². The van der Waals surface area contributed by atoms with Gasteiger partial charge in [0.05, 0.1) is 5.56 Å². The topological polar surface area (TPSA) is 57.5 Å². The van der Waals surface area contributed by atoms with E-state index in [9.17, 15) is 4.79 Å². The Morgan fingerprint density at radius 2 is 1.97 bits per heavy atom. The van der Waals surface area contributed by atoms with Crippen molar-refractivity contribution < 1.29 is 9.21 Å². The molecule has 7 heteroatoms. The lowest BCUT2D eigenvalue weighted by atomic mass is 10.0. The second-order valence-corrected chi connectivity index (χ2v) is 9.32. The van der Waals surface area contributed by atoms with Crippen LogP contribution in [0.25, 0.3) is 11.3 Å². The van der Waals surface area contributed by atoms with Gasteiger partial charge < -0.3 is 15.1 Å². The van der Waals surface area contributed by atoms with Crippen molar-refractivity contribution in [1.29, 1.82) is 0 Å². The zero-order valence-electron chi connectivity index (χ0n) is 16.3. The molecule has 5 rings (SSSR count). The Labute approximate surface area is 178 Å². The summed E-state index contributed by atoms with van der Waals surface area (Å²) in [7, 11) is 0. The Morgan fingerprint density at radius 1 is 1.17 bits per heavy atom. The highest BCUT2D eigenvalue weighted by Gasteiger charge is 2.34. The Bertz CT molecular complexity index is 1070. The predicted octanol–water partition coefficient (Wildman–Crippen LogP) is 5.28. The highest BCUT2D eigenvalue weighted by molar-refractivity contribution is 7.16. The number of thiophene rings is 1. The molecule has 1 aromatic carbocycles. The number of nitrogens with zero attached hydrogens (tertiary/aromatic N) is 1. The van der Waals surface area contributed by atoms with Crippen LogP contribution in [0.5, 0.6) is 0 Å². The molecule has 0 saturated heterocycles. The molecule has 5 nitrogen and oxygen atoms in total. The molecule has 0 spiro atoms. The zero-order chi connectivity index (χ0) is 20.1. The average molecular weight is 428 g/mol. The highest BCUT2D eigenvalue weighted by Crippen LogP contribution is 2.41. The van der Waals surface area contributed by atoms with Crippen LogP contribution in [0.15, 0.2) is 40.8 Å². The van der Waals surface area contributed by atoms with E-state index in [1.54, 1.807) is 11.3 Å². The maximum absolute atomic E-state index is 12.9. The van der Waals surface area contributed by atoms with Crippen molar-refractivity contribution in [2.75, 3.05) is 11.9 Å². The smallest absolute Gasteiger partial charge is 0.256 e. The predicted molar refractivity (Wildman–Crippen MR) is 117 cm³/mol. The summed E-state index contributed by atoms with van der Waals surface area (Å²) in [4.78, 5) is 16.7. The third kappa shape index (κ3) is 3.35. The van der Waals surface area contributed by atoms with Gasteiger partial charge in [-0.25, -0.2) is 0 Å². The first kappa shape index (κ1) is 18.7. The molecule has 2 aliphatic heterocycles. The fraction of sp³-hybridized carbons (Fsp3) is 0.318. The Morgan fingerprint density at radius 3 is 2.72 bits per heavy atom. The van der Waals surface area contributed by atoms with Crippen LogP contribution in [0.3, 0.4) is 0 Å². The summed E-state index contributed by atoms with van der Waals surface area (Å²) in [5, 5.41) is 8.16. The molecule has 0 saturated carbocycles. The number of rotatable bonds is 3. The lowest BCUT2D eigenvalue weighted by Gasteiger charge is -2.30. The largest absolute Gasteiger partial charge is 0.457 e. The molecule has 2 aliphatic rings. The number of halogens is 1. The summed E-state index contributed by atoms with van der Waals surface area (Å²) in [6.07, 6.45) is 0.540. The molecule has 0 fully saturated rings. The molecule has 29 heavy (non-hydrogen) atoms. The van der Waals surface area contributed by atoms with E-state index in [0.29, 0.717) is 16.8 Å². The second kappa shape index (κ2) is 7.20. The monoisotopic (exact) mass is 427 g/mol. The summed E-state index contributed by atoms with van der Waals surface area (Å²) in [5.41, 5.74) is 2.96. The number of hydrogen-bond donors (Lipinski definition) is 2. The van der Waals surface area contributed by atoms with Gasteiger partial charge in [0.15, 0.2) is 6.17 Å². The number of nitrogens with one attached hydrogen (secondary N) is 2. The minimum absolute atomic E-state index is 0.0244. The van der Waals surface area contributed by atoms with Gasteiger partial charge in [-0.3, -0.25) is 9.69 Å². The number of anilines is 1. The number of furan rings is 1. The van der Waals surface area contributed by atoms with Crippen molar-refractivity contribution >= 4 is 33.8 Å². The molecular formula is C22H22ClN3O2S. The maximum Gasteiger partial charge on any atom is 0.256 e.